The fourth-order valence-corrected chi connectivity index (χ4v) is 2.00. The summed E-state index contributed by atoms with van der Waals surface area (Å²) in [6, 6.07) is 4.48. The number of hydrazine groups is 1. The average Bonchev–Trinajstić information content (AvgIpc) is 2.42. The fraction of sp³-hybridized carbons (Fsp3) is 0.462. The molecule has 1 aromatic rings. The van der Waals surface area contributed by atoms with Crippen molar-refractivity contribution in [2.24, 2.45) is 11.8 Å². The van der Waals surface area contributed by atoms with E-state index in [1.807, 2.05) is 20.8 Å². The Balaban J connectivity index is 3.24. The van der Waals surface area contributed by atoms with Gasteiger partial charge >= 0.3 is 5.69 Å². The Labute approximate surface area is 117 Å². The van der Waals surface area contributed by atoms with Gasteiger partial charge in [-0.2, -0.15) is 0 Å². The molecule has 0 radical (unpaired) electrons. The lowest BCUT2D eigenvalue weighted by atomic mass is 10.1. The fourth-order valence-electron chi connectivity index (χ4n) is 2.00. The van der Waals surface area contributed by atoms with Crippen LogP contribution in [0, 0.1) is 16.0 Å². The monoisotopic (exact) mass is 280 g/mol. The maximum absolute atomic E-state index is 12.5. The van der Waals surface area contributed by atoms with Crippen LogP contribution < -0.4 is 11.3 Å². The van der Waals surface area contributed by atoms with E-state index in [0.717, 1.165) is 0 Å². The summed E-state index contributed by atoms with van der Waals surface area (Å²) in [6.45, 7) is 6.86. The standard InChI is InChI=1S/C13H20N4O3/c1-4-16(8-9(2)3)13(18)10-6-5-7-11(15-14)12(10)17(19)20/h5-7,9,15H,4,8,14H2,1-3H3. The zero-order chi connectivity index (χ0) is 15.3. The number of amides is 1. The van der Waals surface area contributed by atoms with Crippen molar-refractivity contribution in [3.8, 4) is 0 Å². The number of carbonyl (C=O) groups excluding carboxylic acids is 1. The largest absolute Gasteiger partial charge is 0.338 e. The van der Waals surface area contributed by atoms with Gasteiger partial charge in [-0.1, -0.05) is 19.9 Å². The van der Waals surface area contributed by atoms with Crippen LogP contribution in [0.15, 0.2) is 18.2 Å². The van der Waals surface area contributed by atoms with Gasteiger partial charge in [0, 0.05) is 13.1 Å². The summed E-state index contributed by atoms with van der Waals surface area (Å²) in [7, 11) is 0. The molecule has 1 rings (SSSR count). The average molecular weight is 280 g/mol. The first-order chi connectivity index (χ1) is 9.42. The second-order valence-corrected chi connectivity index (χ2v) is 4.84. The first-order valence-electron chi connectivity index (χ1n) is 6.45. The maximum Gasteiger partial charge on any atom is 0.306 e. The van der Waals surface area contributed by atoms with Gasteiger partial charge in [0.1, 0.15) is 11.3 Å². The van der Waals surface area contributed by atoms with Crippen molar-refractivity contribution in [2.75, 3.05) is 18.5 Å². The number of nitrogens with one attached hydrogen (secondary N) is 1. The number of nitrogens with zero attached hydrogens (tertiary/aromatic N) is 2. The van der Waals surface area contributed by atoms with E-state index < -0.39 is 4.92 Å². The van der Waals surface area contributed by atoms with Gasteiger partial charge in [0.15, 0.2) is 0 Å². The van der Waals surface area contributed by atoms with E-state index in [1.54, 1.807) is 11.0 Å². The van der Waals surface area contributed by atoms with E-state index in [2.05, 4.69) is 5.43 Å². The molecule has 0 bridgehead atoms. The van der Waals surface area contributed by atoms with Crippen LogP contribution in [0.1, 0.15) is 31.1 Å². The molecular formula is C13H20N4O3. The van der Waals surface area contributed by atoms with Crippen LogP contribution in [0.25, 0.3) is 0 Å². The Morgan fingerprint density at radius 3 is 2.60 bits per heavy atom. The molecule has 0 saturated carbocycles. The second kappa shape index (κ2) is 6.85. The Bertz CT molecular complexity index is 502. The third kappa shape index (κ3) is 3.45. The summed E-state index contributed by atoms with van der Waals surface area (Å²) in [6.07, 6.45) is 0. The third-order valence-corrected chi connectivity index (χ3v) is 2.86. The van der Waals surface area contributed by atoms with E-state index in [0.29, 0.717) is 13.1 Å². The van der Waals surface area contributed by atoms with E-state index in [9.17, 15) is 14.9 Å². The van der Waals surface area contributed by atoms with Crippen LogP contribution in [0.3, 0.4) is 0 Å². The van der Waals surface area contributed by atoms with Gasteiger partial charge in [-0.3, -0.25) is 20.8 Å². The van der Waals surface area contributed by atoms with Crippen molar-refractivity contribution in [1.29, 1.82) is 0 Å². The summed E-state index contributed by atoms with van der Waals surface area (Å²) in [5.74, 6) is 5.20. The number of rotatable bonds is 6. The number of carbonyl (C=O) groups is 1. The zero-order valence-corrected chi connectivity index (χ0v) is 11.9. The number of benzene rings is 1. The molecule has 20 heavy (non-hydrogen) atoms. The highest BCUT2D eigenvalue weighted by molar-refractivity contribution is 6.00. The summed E-state index contributed by atoms with van der Waals surface area (Å²) in [4.78, 5) is 24.6. The highest BCUT2D eigenvalue weighted by Gasteiger charge is 2.27. The van der Waals surface area contributed by atoms with Gasteiger partial charge in [-0.25, -0.2) is 0 Å². The molecule has 0 saturated heterocycles. The van der Waals surface area contributed by atoms with Gasteiger partial charge in [0.2, 0.25) is 0 Å². The molecule has 0 heterocycles. The van der Waals surface area contributed by atoms with E-state index >= 15 is 0 Å². The molecule has 7 nitrogen and oxygen atoms in total. The third-order valence-electron chi connectivity index (χ3n) is 2.86. The normalized spacial score (nSPS) is 10.4. The number of nitrogens with two attached hydrogens (primary N) is 1. The number of anilines is 1. The molecule has 0 spiro atoms. The van der Waals surface area contributed by atoms with Gasteiger partial charge < -0.3 is 10.3 Å². The van der Waals surface area contributed by atoms with Crippen molar-refractivity contribution < 1.29 is 9.72 Å². The van der Waals surface area contributed by atoms with Crippen LogP contribution in [0.4, 0.5) is 11.4 Å². The van der Waals surface area contributed by atoms with Gasteiger partial charge in [0.05, 0.1) is 4.92 Å². The minimum Gasteiger partial charge on any atom is -0.338 e. The first-order valence-corrected chi connectivity index (χ1v) is 6.45. The lowest BCUT2D eigenvalue weighted by Crippen LogP contribution is -2.34. The summed E-state index contributed by atoms with van der Waals surface area (Å²) in [5, 5.41) is 11.2. The van der Waals surface area contributed by atoms with E-state index in [1.165, 1.54) is 12.1 Å². The number of hydrogen-bond acceptors (Lipinski definition) is 5. The van der Waals surface area contributed by atoms with Crippen molar-refractivity contribution in [2.45, 2.75) is 20.8 Å². The predicted molar refractivity (Wildman–Crippen MR) is 77.3 cm³/mol. The molecule has 3 N–H and O–H groups in total. The second-order valence-electron chi connectivity index (χ2n) is 4.84. The van der Waals surface area contributed by atoms with Gasteiger partial charge in [-0.05, 0) is 25.0 Å². The molecule has 0 aromatic heterocycles. The van der Waals surface area contributed by atoms with Crippen LogP contribution in [0.2, 0.25) is 0 Å². The number of nitro benzene ring substituents is 1. The minimum absolute atomic E-state index is 0.0490. The number of nitrogen functional groups attached to an aromatic ring is 1. The lowest BCUT2D eigenvalue weighted by Gasteiger charge is -2.23. The molecule has 0 fully saturated rings. The Hall–Kier alpha value is -2.15. The van der Waals surface area contributed by atoms with Crippen molar-refractivity contribution >= 4 is 17.3 Å². The molecule has 1 aromatic carbocycles. The summed E-state index contributed by atoms with van der Waals surface area (Å²) < 4.78 is 0. The highest BCUT2D eigenvalue weighted by atomic mass is 16.6. The molecule has 0 atom stereocenters. The van der Waals surface area contributed by atoms with E-state index in [-0.39, 0.29) is 28.8 Å². The lowest BCUT2D eigenvalue weighted by molar-refractivity contribution is -0.384. The molecule has 0 unspecified atom stereocenters. The number of hydrogen-bond donors (Lipinski definition) is 2. The molecule has 0 aliphatic carbocycles. The minimum atomic E-state index is -0.592. The van der Waals surface area contributed by atoms with Crippen LogP contribution >= 0.6 is 0 Å². The molecule has 1 amide bonds. The first kappa shape index (κ1) is 15.9. The molecule has 110 valence electrons. The number of nitro groups is 1. The Morgan fingerprint density at radius 1 is 1.50 bits per heavy atom. The highest BCUT2D eigenvalue weighted by Crippen LogP contribution is 2.29. The smallest absolute Gasteiger partial charge is 0.306 e. The molecule has 0 aliphatic heterocycles. The Morgan fingerprint density at radius 2 is 2.15 bits per heavy atom. The van der Waals surface area contributed by atoms with Gasteiger partial charge in [-0.15, -0.1) is 0 Å². The summed E-state index contributed by atoms with van der Waals surface area (Å²) >= 11 is 0. The Kier molecular flexibility index (Phi) is 5.45. The van der Waals surface area contributed by atoms with E-state index in [4.69, 9.17) is 5.84 Å². The molecule has 7 heteroatoms. The van der Waals surface area contributed by atoms with Crippen LogP contribution in [0.5, 0.6) is 0 Å². The topological polar surface area (TPSA) is 102 Å². The van der Waals surface area contributed by atoms with Gasteiger partial charge in [0.25, 0.3) is 5.91 Å². The van der Waals surface area contributed by atoms with Crippen molar-refractivity contribution in [1.82, 2.24) is 4.90 Å². The quantitative estimate of drug-likeness (QED) is 0.471. The van der Waals surface area contributed by atoms with Crippen molar-refractivity contribution in [3.05, 3.63) is 33.9 Å². The number of para-hydroxylation sites is 1. The summed E-state index contributed by atoms with van der Waals surface area (Å²) in [5.41, 5.74) is 2.14. The predicted octanol–water partition coefficient (Wildman–Crippen LogP) is 2.00. The zero-order valence-electron chi connectivity index (χ0n) is 11.9. The molecule has 0 aliphatic rings. The maximum atomic E-state index is 12.5. The van der Waals surface area contributed by atoms with Crippen LogP contribution in [-0.2, 0) is 0 Å². The van der Waals surface area contributed by atoms with Crippen LogP contribution in [-0.4, -0.2) is 28.8 Å². The molecular weight excluding hydrogens is 260 g/mol. The SMILES string of the molecule is CCN(CC(C)C)C(=O)c1cccc(NN)c1[N+](=O)[O-]. The van der Waals surface area contributed by atoms with Crippen molar-refractivity contribution in [3.63, 3.8) is 0 Å².